The number of carbonyl (C=O) groups is 2. The van der Waals surface area contributed by atoms with E-state index < -0.39 is 11.6 Å². The smallest absolute Gasteiger partial charge is 0.345 e. The largest absolute Gasteiger partial charge is 0.477 e. The SMILES string of the molecule is Cc1ncc(C(=O)N2CCC3(CC2)OCCc2sc(C(=O)O)cc23)s1. The van der Waals surface area contributed by atoms with Crippen LogP contribution in [0.1, 0.15) is 47.6 Å². The van der Waals surface area contributed by atoms with Crippen LogP contribution >= 0.6 is 22.7 Å². The summed E-state index contributed by atoms with van der Waals surface area (Å²) in [5.41, 5.74) is 0.569. The fourth-order valence-corrected chi connectivity index (χ4v) is 5.44. The molecule has 1 N–H and O–H groups in total. The summed E-state index contributed by atoms with van der Waals surface area (Å²) >= 11 is 2.77. The topological polar surface area (TPSA) is 79.7 Å². The first-order valence-corrected chi connectivity index (χ1v) is 9.84. The third-order valence-corrected chi connectivity index (χ3v) is 6.99. The molecule has 2 aliphatic rings. The summed E-state index contributed by atoms with van der Waals surface area (Å²) in [7, 11) is 0. The molecule has 0 aliphatic carbocycles. The monoisotopic (exact) mass is 378 g/mol. The van der Waals surface area contributed by atoms with Crippen LogP contribution in [-0.4, -0.2) is 46.6 Å². The summed E-state index contributed by atoms with van der Waals surface area (Å²) in [6.45, 7) is 3.70. The number of amides is 1. The number of piperidine rings is 1. The molecule has 25 heavy (non-hydrogen) atoms. The molecule has 6 nitrogen and oxygen atoms in total. The molecule has 0 bridgehead atoms. The Kier molecular flexibility index (Phi) is 4.13. The highest BCUT2D eigenvalue weighted by Gasteiger charge is 2.43. The third-order valence-electron chi connectivity index (χ3n) is 4.91. The predicted octanol–water partition coefficient (Wildman–Crippen LogP) is 2.92. The highest BCUT2D eigenvalue weighted by atomic mass is 32.1. The minimum atomic E-state index is -0.886. The van der Waals surface area contributed by atoms with Crippen molar-refractivity contribution in [2.45, 2.75) is 31.8 Å². The van der Waals surface area contributed by atoms with E-state index in [1.54, 1.807) is 12.3 Å². The number of hydrogen-bond acceptors (Lipinski definition) is 6. The quantitative estimate of drug-likeness (QED) is 0.869. The minimum absolute atomic E-state index is 0.0213. The van der Waals surface area contributed by atoms with Gasteiger partial charge in [0.25, 0.3) is 5.91 Å². The van der Waals surface area contributed by atoms with Gasteiger partial charge in [-0.2, -0.15) is 0 Å². The first-order chi connectivity index (χ1) is 12.0. The maximum atomic E-state index is 12.6. The van der Waals surface area contributed by atoms with E-state index in [1.165, 1.54) is 22.7 Å². The average molecular weight is 378 g/mol. The Bertz CT molecular complexity index is 834. The fourth-order valence-electron chi connectivity index (χ4n) is 3.62. The number of nitrogens with zero attached hydrogens (tertiary/aromatic N) is 2. The zero-order valence-electron chi connectivity index (χ0n) is 13.8. The number of carbonyl (C=O) groups excluding carboxylic acids is 1. The summed E-state index contributed by atoms with van der Waals surface area (Å²) in [5, 5.41) is 10.2. The minimum Gasteiger partial charge on any atom is -0.477 e. The molecule has 0 atom stereocenters. The molecular weight excluding hydrogens is 360 g/mol. The van der Waals surface area contributed by atoms with Gasteiger partial charge in [0.1, 0.15) is 9.75 Å². The van der Waals surface area contributed by atoms with Crippen LogP contribution in [0.3, 0.4) is 0 Å². The van der Waals surface area contributed by atoms with E-state index in [4.69, 9.17) is 4.74 Å². The van der Waals surface area contributed by atoms with Gasteiger partial charge in [0.15, 0.2) is 0 Å². The second-order valence-electron chi connectivity index (χ2n) is 6.38. The third kappa shape index (κ3) is 2.88. The lowest BCUT2D eigenvalue weighted by Crippen LogP contribution is -2.48. The molecule has 2 aromatic heterocycles. The van der Waals surface area contributed by atoms with Gasteiger partial charge in [0, 0.05) is 24.4 Å². The molecule has 1 spiro atoms. The predicted molar refractivity (Wildman–Crippen MR) is 94.6 cm³/mol. The number of hydrogen-bond donors (Lipinski definition) is 1. The molecule has 2 aliphatic heterocycles. The van der Waals surface area contributed by atoms with Crippen LogP contribution in [-0.2, 0) is 16.8 Å². The standard InChI is InChI=1S/C17H18N2O4S2/c1-10-18-9-14(24-10)15(20)19-5-3-17(4-6-19)11-8-13(16(21)22)25-12(11)2-7-23-17/h8-9H,2-7H2,1H3,(H,21,22). The van der Waals surface area contributed by atoms with Crippen molar-refractivity contribution in [3.05, 3.63) is 37.5 Å². The van der Waals surface area contributed by atoms with Crippen molar-refractivity contribution in [1.29, 1.82) is 0 Å². The molecule has 2 aromatic rings. The van der Waals surface area contributed by atoms with Gasteiger partial charge in [-0.15, -0.1) is 22.7 Å². The molecule has 1 amide bonds. The Labute approximate surface area is 153 Å². The lowest BCUT2D eigenvalue weighted by Gasteiger charge is -2.43. The fraction of sp³-hybridized carbons (Fsp3) is 0.471. The van der Waals surface area contributed by atoms with Gasteiger partial charge < -0.3 is 14.7 Å². The van der Waals surface area contributed by atoms with Gasteiger partial charge in [-0.1, -0.05) is 0 Å². The highest BCUT2D eigenvalue weighted by molar-refractivity contribution is 7.14. The van der Waals surface area contributed by atoms with Gasteiger partial charge in [-0.05, 0) is 31.4 Å². The number of aromatic carboxylic acids is 1. The molecule has 8 heteroatoms. The van der Waals surface area contributed by atoms with E-state index in [2.05, 4.69) is 4.98 Å². The number of fused-ring (bicyclic) bond motifs is 2. The van der Waals surface area contributed by atoms with Crippen molar-refractivity contribution in [3.8, 4) is 0 Å². The van der Waals surface area contributed by atoms with E-state index >= 15 is 0 Å². The zero-order chi connectivity index (χ0) is 17.6. The number of likely N-dealkylation sites (tertiary alicyclic amines) is 1. The Morgan fingerprint density at radius 3 is 2.68 bits per heavy atom. The van der Waals surface area contributed by atoms with Crippen molar-refractivity contribution >= 4 is 34.6 Å². The van der Waals surface area contributed by atoms with Crippen LogP contribution in [0.2, 0.25) is 0 Å². The summed E-state index contributed by atoms with van der Waals surface area (Å²) in [6.07, 6.45) is 3.79. The Morgan fingerprint density at radius 1 is 1.28 bits per heavy atom. The average Bonchev–Trinajstić information content (AvgIpc) is 3.22. The number of aromatic nitrogens is 1. The first-order valence-electron chi connectivity index (χ1n) is 8.21. The molecule has 1 saturated heterocycles. The van der Waals surface area contributed by atoms with Crippen molar-refractivity contribution in [3.63, 3.8) is 0 Å². The lowest BCUT2D eigenvalue weighted by molar-refractivity contribution is -0.0926. The van der Waals surface area contributed by atoms with Gasteiger partial charge in [0.05, 0.1) is 23.4 Å². The van der Waals surface area contributed by atoms with Crippen LogP contribution in [0.5, 0.6) is 0 Å². The van der Waals surface area contributed by atoms with Crippen molar-refractivity contribution in [2.24, 2.45) is 0 Å². The van der Waals surface area contributed by atoms with Gasteiger partial charge in [0.2, 0.25) is 0 Å². The molecule has 0 aromatic carbocycles. The number of ether oxygens (including phenoxy) is 1. The summed E-state index contributed by atoms with van der Waals surface area (Å²) in [4.78, 5) is 32.1. The second kappa shape index (κ2) is 6.19. The Balaban J connectivity index is 1.54. The van der Waals surface area contributed by atoms with Gasteiger partial charge in [-0.25, -0.2) is 9.78 Å². The highest BCUT2D eigenvalue weighted by Crippen LogP contribution is 2.44. The van der Waals surface area contributed by atoms with Gasteiger partial charge in [-0.3, -0.25) is 4.79 Å². The molecule has 0 unspecified atom stereocenters. The Morgan fingerprint density at radius 2 is 2.04 bits per heavy atom. The number of carboxylic acids is 1. The van der Waals surface area contributed by atoms with Crippen LogP contribution < -0.4 is 0 Å². The van der Waals surface area contributed by atoms with E-state index in [9.17, 15) is 14.7 Å². The molecule has 4 rings (SSSR count). The number of carboxylic acid groups (broad SMARTS) is 1. The van der Waals surface area contributed by atoms with E-state index in [-0.39, 0.29) is 5.91 Å². The van der Waals surface area contributed by atoms with Crippen molar-refractivity contribution in [2.75, 3.05) is 19.7 Å². The summed E-state index contributed by atoms with van der Waals surface area (Å²) in [6, 6.07) is 1.77. The molecule has 0 radical (unpaired) electrons. The Hall–Kier alpha value is -1.77. The zero-order valence-corrected chi connectivity index (χ0v) is 15.4. The van der Waals surface area contributed by atoms with E-state index in [0.29, 0.717) is 42.3 Å². The molecular formula is C17H18N2O4S2. The second-order valence-corrected chi connectivity index (χ2v) is 8.75. The van der Waals surface area contributed by atoms with Crippen molar-refractivity contribution < 1.29 is 19.4 Å². The number of aryl methyl sites for hydroxylation is 1. The molecule has 132 valence electrons. The maximum absolute atomic E-state index is 12.6. The molecule has 4 heterocycles. The van der Waals surface area contributed by atoms with Crippen molar-refractivity contribution in [1.82, 2.24) is 9.88 Å². The number of rotatable bonds is 2. The molecule has 0 saturated carbocycles. The number of thiophene rings is 1. The van der Waals surface area contributed by atoms with E-state index in [1.807, 2.05) is 11.8 Å². The summed E-state index contributed by atoms with van der Waals surface area (Å²) in [5.74, 6) is -0.865. The van der Waals surface area contributed by atoms with Gasteiger partial charge >= 0.3 is 5.97 Å². The normalized spacial score (nSPS) is 19.0. The van der Waals surface area contributed by atoms with Crippen LogP contribution in [0.25, 0.3) is 0 Å². The number of thiazole rings is 1. The van der Waals surface area contributed by atoms with Crippen LogP contribution in [0.15, 0.2) is 12.3 Å². The van der Waals surface area contributed by atoms with Crippen LogP contribution in [0.4, 0.5) is 0 Å². The lowest BCUT2D eigenvalue weighted by atomic mass is 9.82. The first kappa shape index (κ1) is 16.7. The summed E-state index contributed by atoms with van der Waals surface area (Å²) < 4.78 is 6.13. The maximum Gasteiger partial charge on any atom is 0.345 e. The molecule has 1 fully saturated rings. The van der Waals surface area contributed by atoms with Crippen LogP contribution in [0, 0.1) is 6.92 Å². The van der Waals surface area contributed by atoms with E-state index in [0.717, 1.165) is 21.9 Å².